The zero-order chi connectivity index (χ0) is 9.26. The van der Waals surface area contributed by atoms with E-state index in [2.05, 4.69) is 4.90 Å². The van der Waals surface area contributed by atoms with Gasteiger partial charge in [0.25, 0.3) is 0 Å². The summed E-state index contributed by atoms with van der Waals surface area (Å²) in [4.78, 5) is 2.51. The molecule has 3 heteroatoms. The fourth-order valence-electron chi connectivity index (χ4n) is 2.49. The number of hydrogen-bond donors (Lipinski definition) is 1. The molecule has 0 aromatic rings. The first-order valence-electron chi connectivity index (χ1n) is 5.32. The number of alkyl halides is 1. The molecule has 0 spiro atoms. The average Bonchev–Trinajstić information content (AvgIpc) is 2.53. The normalized spacial score (nSPS) is 38.3. The van der Waals surface area contributed by atoms with Gasteiger partial charge in [0.2, 0.25) is 0 Å². The largest absolute Gasteiger partial charge is 0.393 e. The molecule has 0 aromatic heterocycles. The Hall–Kier alpha value is 0.210. The summed E-state index contributed by atoms with van der Waals surface area (Å²) >= 11 is 6.08. The lowest BCUT2D eigenvalue weighted by atomic mass is 10.1. The van der Waals surface area contributed by atoms with Crippen LogP contribution in [0.3, 0.4) is 0 Å². The van der Waals surface area contributed by atoms with E-state index in [1.807, 2.05) is 0 Å². The molecule has 0 bridgehead atoms. The number of rotatable bonds is 1. The lowest BCUT2D eigenvalue weighted by Gasteiger charge is -2.34. The summed E-state index contributed by atoms with van der Waals surface area (Å²) in [6, 6.07) is 0.704. The second kappa shape index (κ2) is 4.16. The minimum atomic E-state index is -0.0514. The maximum absolute atomic E-state index is 9.37. The molecule has 2 unspecified atom stereocenters. The Morgan fingerprint density at radius 2 is 1.77 bits per heavy atom. The number of hydrogen-bond acceptors (Lipinski definition) is 2. The zero-order valence-electron chi connectivity index (χ0n) is 7.95. The van der Waals surface area contributed by atoms with Gasteiger partial charge in [0.15, 0.2) is 0 Å². The molecule has 0 aromatic carbocycles. The lowest BCUT2D eigenvalue weighted by Crippen LogP contribution is -2.41. The van der Waals surface area contributed by atoms with Crippen LogP contribution >= 0.6 is 11.6 Å². The van der Waals surface area contributed by atoms with Crippen molar-refractivity contribution in [2.24, 2.45) is 0 Å². The van der Waals surface area contributed by atoms with Gasteiger partial charge >= 0.3 is 0 Å². The fourth-order valence-corrected chi connectivity index (χ4v) is 2.82. The molecule has 2 nitrogen and oxygen atoms in total. The molecular formula is C10H18ClNO. The zero-order valence-corrected chi connectivity index (χ0v) is 8.71. The minimum absolute atomic E-state index is 0.0514. The van der Waals surface area contributed by atoms with Crippen LogP contribution in [0.5, 0.6) is 0 Å². The van der Waals surface area contributed by atoms with Gasteiger partial charge in [-0.3, -0.25) is 0 Å². The molecule has 1 N–H and O–H groups in total. The maximum Gasteiger partial charge on any atom is 0.0564 e. The summed E-state index contributed by atoms with van der Waals surface area (Å²) in [5.41, 5.74) is 0. The summed E-state index contributed by atoms with van der Waals surface area (Å²) in [7, 11) is 0. The van der Waals surface area contributed by atoms with Crippen LogP contribution in [0.4, 0.5) is 0 Å². The Morgan fingerprint density at radius 1 is 1.08 bits per heavy atom. The van der Waals surface area contributed by atoms with Crippen LogP contribution in [-0.4, -0.2) is 40.6 Å². The van der Waals surface area contributed by atoms with Crippen molar-refractivity contribution in [3.63, 3.8) is 0 Å². The van der Waals surface area contributed by atoms with Gasteiger partial charge in [-0.1, -0.05) is 0 Å². The van der Waals surface area contributed by atoms with Crippen molar-refractivity contribution in [2.45, 2.75) is 49.6 Å². The van der Waals surface area contributed by atoms with Crippen molar-refractivity contribution in [3.05, 3.63) is 0 Å². The summed E-state index contributed by atoms with van der Waals surface area (Å²) in [5.74, 6) is 0. The van der Waals surface area contributed by atoms with E-state index < -0.39 is 0 Å². The molecule has 1 saturated heterocycles. The maximum atomic E-state index is 9.37. The number of likely N-dealkylation sites (tertiary alicyclic amines) is 1. The highest BCUT2D eigenvalue weighted by atomic mass is 35.5. The number of aliphatic hydroxyl groups excluding tert-OH is 1. The highest BCUT2D eigenvalue weighted by Gasteiger charge is 2.30. The lowest BCUT2D eigenvalue weighted by molar-refractivity contribution is 0.0622. The molecular weight excluding hydrogens is 186 g/mol. The first-order valence-corrected chi connectivity index (χ1v) is 5.75. The summed E-state index contributed by atoms with van der Waals surface area (Å²) < 4.78 is 0. The molecule has 1 aliphatic heterocycles. The second-order valence-electron chi connectivity index (χ2n) is 4.33. The van der Waals surface area contributed by atoms with Gasteiger partial charge in [-0.15, -0.1) is 11.6 Å². The van der Waals surface area contributed by atoms with Gasteiger partial charge < -0.3 is 10.0 Å². The highest BCUT2D eigenvalue weighted by molar-refractivity contribution is 6.20. The third-order valence-corrected chi connectivity index (χ3v) is 3.75. The van der Waals surface area contributed by atoms with Gasteiger partial charge in [0.1, 0.15) is 0 Å². The van der Waals surface area contributed by atoms with Crippen molar-refractivity contribution in [2.75, 3.05) is 13.1 Å². The van der Waals surface area contributed by atoms with E-state index in [0.717, 1.165) is 32.4 Å². The number of aliphatic hydroxyl groups is 1. The van der Waals surface area contributed by atoms with Crippen molar-refractivity contribution in [1.82, 2.24) is 4.90 Å². The Morgan fingerprint density at radius 3 is 2.31 bits per heavy atom. The Labute approximate surface area is 84.9 Å². The third kappa shape index (κ3) is 2.36. The molecule has 2 fully saturated rings. The highest BCUT2D eigenvalue weighted by Crippen LogP contribution is 2.29. The van der Waals surface area contributed by atoms with Gasteiger partial charge in [0.05, 0.1) is 6.10 Å². The van der Waals surface area contributed by atoms with Crippen LogP contribution in [0, 0.1) is 0 Å². The Balaban J connectivity index is 1.81. The summed E-state index contributed by atoms with van der Waals surface area (Å²) in [6.45, 7) is 2.13. The quantitative estimate of drug-likeness (QED) is 0.655. The van der Waals surface area contributed by atoms with E-state index in [1.54, 1.807) is 0 Å². The predicted molar refractivity (Wildman–Crippen MR) is 54.1 cm³/mol. The predicted octanol–water partition coefficient (Wildman–Crippen LogP) is 1.60. The SMILES string of the molecule is OC1CCN(C2CCC(Cl)C2)CC1. The Bertz CT molecular complexity index is 168. The van der Waals surface area contributed by atoms with Crippen LogP contribution < -0.4 is 0 Å². The molecule has 1 saturated carbocycles. The Kier molecular flexibility index (Phi) is 3.12. The average molecular weight is 204 g/mol. The minimum Gasteiger partial charge on any atom is -0.393 e. The van der Waals surface area contributed by atoms with Crippen LogP contribution in [-0.2, 0) is 0 Å². The van der Waals surface area contributed by atoms with Crippen molar-refractivity contribution in [3.8, 4) is 0 Å². The number of piperidine rings is 1. The smallest absolute Gasteiger partial charge is 0.0564 e. The van der Waals surface area contributed by atoms with E-state index in [1.165, 1.54) is 12.8 Å². The van der Waals surface area contributed by atoms with Gasteiger partial charge in [-0.2, -0.15) is 0 Å². The van der Waals surface area contributed by atoms with E-state index in [0.29, 0.717) is 11.4 Å². The fraction of sp³-hybridized carbons (Fsp3) is 1.00. The molecule has 1 aliphatic carbocycles. The molecule has 13 heavy (non-hydrogen) atoms. The standard InChI is InChI=1S/C10H18ClNO/c11-8-1-2-9(7-8)12-5-3-10(13)4-6-12/h8-10,13H,1-7H2. The van der Waals surface area contributed by atoms with E-state index in [9.17, 15) is 5.11 Å². The summed E-state index contributed by atoms with van der Waals surface area (Å²) in [6.07, 6.45) is 5.42. The van der Waals surface area contributed by atoms with Crippen LogP contribution in [0.2, 0.25) is 0 Å². The van der Waals surface area contributed by atoms with E-state index in [4.69, 9.17) is 11.6 Å². The van der Waals surface area contributed by atoms with Crippen LogP contribution in [0.1, 0.15) is 32.1 Å². The van der Waals surface area contributed by atoms with E-state index in [-0.39, 0.29) is 6.10 Å². The van der Waals surface area contributed by atoms with Crippen molar-refractivity contribution >= 4 is 11.6 Å². The third-order valence-electron chi connectivity index (χ3n) is 3.36. The topological polar surface area (TPSA) is 23.5 Å². The van der Waals surface area contributed by atoms with Gasteiger partial charge in [0, 0.05) is 24.5 Å². The molecule has 0 amide bonds. The summed E-state index contributed by atoms with van der Waals surface area (Å²) in [5, 5.41) is 9.77. The molecule has 2 rings (SSSR count). The number of halogens is 1. The van der Waals surface area contributed by atoms with Crippen LogP contribution in [0.15, 0.2) is 0 Å². The van der Waals surface area contributed by atoms with Crippen molar-refractivity contribution in [1.29, 1.82) is 0 Å². The van der Waals surface area contributed by atoms with Crippen LogP contribution in [0.25, 0.3) is 0 Å². The first-order chi connectivity index (χ1) is 6.25. The van der Waals surface area contributed by atoms with Gasteiger partial charge in [-0.25, -0.2) is 0 Å². The van der Waals surface area contributed by atoms with Crippen molar-refractivity contribution < 1.29 is 5.11 Å². The number of nitrogens with zero attached hydrogens (tertiary/aromatic N) is 1. The molecule has 2 aliphatic rings. The molecule has 1 heterocycles. The van der Waals surface area contributed by atoms with E-state index >= 15 is 0 Å². The first kappa shape index (κ1) is 9.75. The van der Waals surface area contributed by atoms with Gasteiger partial charge in [-0.05, 0) is 32.1 Å². The molecule has 2 atom stereocenters. The monoisotopic (exact) mass is 203 g/mol. The second-order valence-corrected chi connectivity index (χ2v) is 4.95. The molecule has 0 radical (unpaired) electrons. The molecule has 76 valence electrons.